The van der Waals surface area contributed by atoms with Crippen molar-refractivity contribution in [3.05, 3.63) is 39.8 Å². The maximum Gasteiger partial charge on any atom is 0.335 e. The minimum absolute atomic E-state index is 0.0247. The number of carbonyl (C=O) groups is 1. The van der Waals surface area contributed by atoms with Crippen LogP contribution in [0.1, 0.15) is 34.0 Å². The lowest BCUT2D eigenvalue weighted by Gasteiger charge is -2.15. The number of anilines is 2. The van der Waals surface area contributed by atoms with Crippen LogP contribution in [0.25, 0.3) is 0 Å². The Bertz CT molecular complexity index is 610. The van der Waals surface area contributed by atoms with Gasteiger partial charge in [-0.2, -0.15) is 0 Å². The molecule has 1 unspecified atom stereocenters. The molecule has 0 amide bonds. The number of nitrogens with two attached hydrogens (primary N) is 1. The Morgan fingerprint density at radius 2 is 2.26 bits per heavy atom. The van der Waals surface area contributed by atoms with Crippen molar-refractivity contribution < 1.29 is 9.90 Å². The van der Waals surface area contributed by atoms with E-state index in [-0.39, 0.29) is 11.6 Å². The number of aromatic carboxylic acids is 1. The summed E-state index contributed by atoms with van der Waals surface area (Å²) in [4.78, 5) is 15.2. The average Bonchev–Trinajstić information content (AvgIpc) is 2.78. The first-order valence-electron chi connectivity index (χ1n) is 5.78. The average molecular weight is 277 g/mol. The summed E-state index contributed by atoms with van der Waals surface area (Å²) in [5, 5.41) is 15.1. The Labute approximate surface area is 115 Å². The number of benzene rings is 1. The summed E-state index contributed by atoms with van der Waals surface area (Å²) in [6.07, 6.45) is 0. The van der Waals surface area contributed by atoms with Gasteiger partial charge < -0.3 is 16.2 Å². The van der Waals surface area contributed by atoms with Crippen molar-refractivity contribution in [3.8, 4) is 0 Å². The van der Waals surface area contributed by atoms with Crippen LogP contribution in [0, 0.1) is 6.92 Å². The lowest BCUT2D eigenvalue weighted by Crippen LogP contribution is -2.09. The second-order valence-electron chi connectivity index (χ2n) is 4.30. The third kappa shape index (κ3) is 3.03. The second kappa shape index (κ2) is 5.27. The van der Waals surface area contributed by atoms with E-state index in [2.05, 4.69) is 10.3 Å². The van der Waals surface area contributed by atoms with Gasteiger partial charge in [0.25, 0.3) is 0 Å². The Morgan fingerprint density at radius 1 is 1.53 bits per heavy atom. The monoisotopic (exact) mass is 277 g/mol. The predicted molar refractivity (Wildman–Crippen MR) is 76.7 cm³/mol. The van der Waals surface area contributed by atoms with Gasteiger partial charge in [-0.25, -0.2) is 9.78 Å². The Morgan fingerprint density at radius 3 is 2.79 bits per heavy atom. The molecule has 19 heavy (non-hydrogen) atoms. The number of carboxylic acid groups (broad SMARTS) is 1. The van der Waals surface area contributed by atoms with Gasteiger partial charge in [-0.05, 0) is 32.0 Å². The van der Waals surface area contributed by atoms with Gasteiger partial charge in [0, 0.05) is 11.1 Å². The van der Waals surface area contributed by atoms with Crippen molar-refractivity contribution >= 4 is 28.7 Å². The highest BCUT2D eigenvalue weighted by Gasteiger charge is 2.12. The molecule has 1 atom stereocenters. The van der Waals surface area contributed by atoms with E-state index in [9.17, 15) is 4.79 Å². The van der Waals surface area contributed by atoms with Crippen LogP contribution in [-0.4, -0.2) is 16.1 Å². The van der Waals surface area contributed by atoms with Crippen molar-refractivity contribution in [2.24, 2.45) is 0 Å². The fraction of sp³-hybridized carbons (Fsp3) is 0.231. The number of thiazole rings is 1. The van der Waals surface area contributed by atoms with Crippen LogP contribution in [0.15, 0.2) is 23.6 Å². The van der Waals surface area contributed by atoms with Crippen LogP contribution in [0.4, 0.5) is 11.4 Å². The summed E-state index contributed by atoms with van der Waals surface area (Å²) in [6.45, 7) is 3.94. The minimum Gasteiger partial charge on any atom is -0.478 e. The van der Waals surface area contributed by atoms with E-state index in [0.717, 1.165) is 10.7 Å². The first kappa shape index (κ1) is 13.4. The van der Waals surface area contributed by atoms with Crippen molar-refractivity contribution in [3.63, 3.8) is 0 Å². The summed E-state index contributed by atoms with van der Waals surface area (Å²) in [5.74, 6) is -0.984. The van der Waals surface area contributed by atoms with Gasteiger partial charge in [0.05, 0.1) is 23.0 Å². The van der Waals surface area contributed by atoms with Crippen LogP contribution in [0.3, 0.4) is 0 Å². The SMILES string of the molecule is Cc1csc(C(C)Nc2ccc(C(=O)O)cc2N)n1. The lowest BCUT2D eigenvalue weighted by molar-refractivity contribution is 0.0697. The van der Waals surface area contributed by atoms with Gasteiger partial charge in [-0.1, -0.05) is 0 Å². The summed E-state index contributed by atoms with van der Waals surface area (Å²) in [6, 6.07) is 4.68. The summed E-state index contributed by atoms with van der Waals surface area (Å²) < 4.78 is 0. The van der Waals surface area contributed by atoms with Crippen LogP contribution in [0.5, 0.6) is 0 Å². The van der Waals surface area contributed by atoms with E-state index in [1.54, 1.807) is 17.4 Å². The highest BCUT2D eigenvalue weighted by atomic mass is 32.1. The van der Waals surface area contributed by atoms with Crippen LogP contribution >= 0.6 is 11.3 Å². The van der Waals surface area contributed by atoms with E-state index in [1.165, 1.54) is 12.1 Å². The smallest absolute Gasteiger partial charge is 0.335 e. The fourth-order valence-electron chi connectivity index (χ4n) is 1.69. The number of carboxylic acids is 1. The van der Waals surface area contributed by atoms with E-state index < -0.39 is 5.97 Å². The van der Waals surface area contributed by atoms with Gasteiger partial charge >= 0.3 is 5.97 Å². The summed E-state index contributed by atoms with van der Waals surface area (Å²) >= 11 is 1.58. The Hall–Kier alpha value is -2.08. The zero-order chi connectivity index (χ0) is 14.0. The van der Waals surface area contributed by atoms with Gasteiger partial charge in [-0.15, -0.1) is 11.3 Å². The molecule has 1 heterocycles. The quantitative estimate of drug-likeness (QED) is 0.748. The summed E-state index contributed by atoms with van der Waals surface area (Å²) in [5.41, 5.74) is 8.15. The highest BCUT2D eigenvalue weighted by Crippen LogP contribution is 2.26. The maximum atomic E-state index is 10.8. The Kier molecular flexibility index (Phi) is 3.71. The third-order valence-electron chi connectivity index (χ3n) is 2.68. The summed E-state index contributed by atoms with van der Waals surface area (Å²) in [7, 11) is 0. The predicted octanol–water partition coefficient (Wildman–Crippen LogP) is 2.91. The van der Waals surface area contributed by atoms with E-state index in [0.29, 0.717) is 11.4 Å². The molecular formula is C13H15N3O2S. The van der Waals surface area contributed by atoms with Crippen LogP contribution in [-0.2, 0) is 0 Å². The van der Waals surface area contributed by atoms with Crippen molar-refractivity contribution in [2.75, 3.05) is 11.1 Å². The van der Waals surface area contributed by atoms with E-state index in [1.807, 2.05) is 19.2 Å². The standard InChI is InChI=1S/C13H15N3O2S/c1-7-6-19-12(15-7)8(2)16-11-4-3-9(13(17)18)5-10(11)14/h3-6,8,16H,14H2,1-2H3,(H,17,18). The van der Waals surface area contributed by atoms with Crippen LogP contribution in [0.2, 0.25) is 0 Å². The van der Waals surface area contributed by atoms with Gasteiger partial charge in [0.2, 0.25) is 0 Å². The molecule has 4 N–H and O–H groups in total. The lowest BCUT2D eigenvalue weighted by atomic mass is 10.1. The molecule has 1 aromatic heterocycles. The molecule has 1 aromatic carbocycles. The van der Waals surface area contributed by atoms with E-state index in [4.69, 9.17) is 10.8 Å². The van der Waals surface area contributed by atoms with Crippen molar-refractivity contribution in [2.45, 2.75) is 19.9 Å². The normalized spacial score (nSPS) is 12.1. The topological polar surface area (TPSA) is 88.2 Å². The number of rotatable bonds is 4. The molecule has 0 bridgehead atoms. The molecular weight excluding hydrogens is 262 g/mol. The zero-order valence-electron chi connectivity index (χ0n) is 10.7. The third-order valence-corrected chi connectivity index (χ3v) is 3.82. The second-order valence-corrected chi connectivity index (χ2v) is 5.19. The molecule has 0 spiro atoms. The number of aryl methyl sites for hydroxylation is 1. The van der Waals surface area contributed by atoms with Crippen molar-refractivity contribution in [1.82, 2.24) is 4.98 Å². The molecule has 0 saturated heterocycles. The molecule has 0 fully saturated rings. The number of hydrogen-bond acceptors (Lipinski definition) is 5. The molecule has 0 aliphatic heterocycles. The number of nitrogens with zero attached hydrogens (tertiary/aromatic N) is 1. The largest absolute Gasteiger partial charge is 0.478 e. The van der Waals surface area contributed by atoms with Crippen LogP contribution < -0.4 is 11.1 Å². The number of nitrogen functional groups attached to an aromatic ring is 1. The van der Waals surface area contributed by atoms with Gasteiger partial charge in [-0.3, -0.25) is 0 Å². The maximum absolute atomic E-state index is 10.8. The molecule has 5 nitrogen and oxygen atoms in total. The highest BCUT2D eigenvalue weighted by molar-refractivity contribution is 7.09. The van der Waals surface area contributed by atoms with Gasteiger partial charge in [0.1, 0.15) is 5.01 Å². The molecule has 0 saturated carbocycles. The van der Waals surface area contributed by atoms with E-state index >= 15 is 0 Å². The zero-order valence-corrected chi connectivity index (χ0v) is 11.5. The molecule has 2 rings (SSSR count). The minimum atomic E-state index is -0.984. The molecule has 0 aliphatic carbocycles. The Balaban J connectivity index is 2.17. The number of nitrogens with one attached hydrogen (secondary N) is 1. The molecule has 6 heteroatoms. The molecule has 2 aromatic rings. The number of aromatic nitrogens is 1. The fourth-order valence-corrected chi connectivity index (χ4v) is 2.50. The molecule has 0 aliphatic rings. The first-order valence-corrected chi connectivity index (χ1v) is 6.66. The van der Waals surface area contributed by atoms with Gasteiger partial charge in [0.15, 0.2) is 0 Å². The first-order chi connectivity index (χ1) is 8.97. The van der Waals surface area contributed by atoms with Crippen molar-refractivity contribution in [1.29, 1.82) is 0 Å². The number of hydrogen-bond donors (Lipinski definition) is 3. The molecule has 100 valence electrons. The molecule has 0 radical (unpaired) electrons.